The summed E-state index contributed by atoms with van der Waals surface area (Å²) in [5, 5.41) is 9.82. The topological polar surface area (TPSA) is 23.5 Å². The van der Waals surface area contributed by atoms with E-state index in [-0.39, 0.29) is 18.3 Å². The molecular formula is C24H26ClF2NOS2. The first-order valence-corrected chi connectivity index (χ1v) is 11.9. The van der Waals surface area contributed by atoms with Gasteiger partial charge in [-0.25, -0.2) is 8.78 Å². The first-order chi connectivity index (χ1) is 15.0. The molecule has 1 unspecified atom stereocenters. The van der Waals surface area contributed by atoms with Crippen molar-refractivity contribution in [1.82, 2.24) is 0 Å². The van der Waals surface area contributed by atoms with E-state index in [1.54, 1.807) is 22.7 Å². The molecule has 7 heteroatoms. The Morgan fingerprint density at radius 3 is 2.39 bits per heavy atom. The Morgan fingerprint density at radius 1 is 1.03 bits per heavy atom. The standard InChI is InChI=1S/C23H22ClF2NOS.CH4S/c1-16(21-7-3-2-5-17(21)6-4-14-28)27(23-15-19(25)10-13-22(23)26)29-20-11-8-18(24)9-12-20;1-2/h2-3,5,7-13,15-16,28H,4,6,14H2,1H3;2H,1H3. The normalized spacial score (nSPS) is 11.5. The van der Waals surface area contributed by atoms with Crippen molar-refractivity contribution in [1.29, 1.82) is 0 Å². The molecule has 0 aliphatic carbocycles. The Bertz CT molecular complexity index is 957. The summed E-state index contributed by atoms with van der Waals surface area (Å²) >= 11 is 10.8. The van der Waals surface area contributed by atoms with E-state index in [1.807, 2.05) is 43.3 Å². The fraction of sp³-hybridized carbons (Fsp3) is 0.250. The third-order valence-corrected chi connectivity index (χ3v) is 6.07. The largest absolute Gasteiger partial charge is 0.396 e. The lowest BCUT2D eigenvalue weighted by Gasteiger charge is -2.32. The van der Waals surface area contributed by atoms with E-state index >= 15 is 0 Å². The lowest BCUT2D eigenvalue weighted by Crippen LogP contribution is -2.21. The molecule has 0 amide bonds. The molecule has 0 bridgehead atoms. The SMILES string of the molecule is CC(c1ccccc1CCCO)N(Sc1ccc(Cl)cc1)c1cc(F)ccc1F.CS. The molecule has 0 radical (unpaired) electrons. The summed E-state index contributed by atoms with van der Waals surface area (Å²) in [6, 6.07) is 18.3. The predicted octanol–water partition coefficient (Wildman–Crippen LogP) is 7.36. The molecule has 1 N–H and O–H groups in total. The summed E-state index contributed by atoms with van der Waals surface area (Å²) in [7, 11) is 0. The molecule has 166 valence electrons. The van der Waals surface area contributed by atoms with Gasteiger partial charge in [-0.15, -0.1) is 0 Å². The third-order valence-electron chi connectivity index (χ3n) is 4.62. The van der Waals surface area contributed by atoms with Crippen molar-refractivity contribution in [3.63, 3.8) is 0 Å². The molecule has 0 aliphatic rings. The number of hydrogen-bond donors (Lipinski definition) is 2. The molecule has 3 rings (SSSR count). The van der Waals surface area contributed by atoms with Crippen LogP contribution in [0.2, 0.25) is 5.02 Å². The van der Waals surface area contributed by atoms with Crippen LogP contribution < -0.4 is 4.31 Å². The Kier molecular flexibility index (Phi) is 10.7. The molecule has 3 aromatic rings. The summed E-state index contributed by atoms with van der Waals surface area (Å²) in [5.41, 5.74) is 2.26. The van der Waals surface area contributed by atoms with Gasteiger partial charge in [0.15, 0.2) is 0 Å². The second-order valence-corrected chi connectivity index (χ2v) is 8.15. The number of halogens is 3. The molecule has 3 aromatic carbocycles. The van der Waals surface area contributed by atoms with Gasteiger partial charge in [0.1, 0.15) is 11.6 Å². The van der Waals surface area contributed by atoms with Crippen LogP contribution >= 0.6 is 36.2 Å². The van der Waals surface area contributed by atoms with Gasteiger partial charge in [0.25, 0.3) is 0 Å². The zero-order valence-corrected chi connectivity index (χ0v) is 19.9. The molecule has 2 nitrogen and oxygen atoms in total. The van der Waals surface area contributed by atoms with Crippen molar-refractivity contribution in [3.8, 4) is 0 Å². The van der Waals surface area contributed by atoms with E-state index in [4.69, 9.17) is 11.6 Å². The first kappa shape index (κ1) is 25.5. The van der Waals surface area contributed by atoms with Gasteiger partial charge in [-0.2, -0.15) is 12.6 Å². The lowest BCUT2D eigenvalue weighted by molar-refractivity contribution is 0.288. The van der Waals surface area contributed by atoms with Gasteiger partial charge in [-0.3, -0.25) is 0 Å². The highest BCUT2D eigenvalue weighted by Gasteiger charge is 2.23. The monoisotopic (exact) mass is 481 g/mol. The number of anilines is 1. The number of aliphatic hydroxyl groups excluding tert-OH is 1. The van der Waals surface area contributed by atoms with E-state index in [0.29, 0.717) is 17.9 Å². The average Bonchev–Trinajstić information content (AvgIpc) is 2.80. The number of benzene rings is 3. The molecule has 0 saturated carbocycles. The number of nitrogens with zero attached hydrogens (tertiary/aromatic N) is 1. The van der Waals surface area contributed by atoms with Crippen LogP contribution in [0.3, 0.4) is 0 Å². The van der Waals surface area contributed by atoms with Crippen LogP contribution in [0.25, 0.3) is 0 Å². The molecule has 0 saturated heterocycles. The number of aliphatic hydroxyl groups is 1. The van der Waals surface area contributed by atoms with Crippen molar-refractivity contribution in [3.05, 3.63) is 94.5 Å². The minimum Gasteiger partial charge on any atom is -0.396 e. The molecule has 0 aromatic heterocycles. The molecule has 31 heavy (non-hydrogen) atoms. The van der Waals surface area contributed by atoms with Crippen LogP contribution in [-0.4, -0.2) is 18.0 Å². The maximum atomic E-state index is 14.7. The van der Waals surface area contributed by atoms with Crippen molar-refractivity contribution in [2.45, 2.75) is 30.7 Å². The Morgan fingerprint density at radius 2 is 1.71 bits per heavy atom. The fourth-order valence-electron chi connectivity index (χ4n) is 3.17. The number of rotatable bonds is 8. The van der Waals surface area contributed by atoms with Gasteiger partial charge in [0.2, 0.25) is 0 Å². The lowest BCUT2D eigenvalue weighted by atomic mass is 9.97. The predicted molar refractivity (Wildman–Crippen MR) is 131 cm³/mol. The van der Waals surface area contributed by atoms with Crippen LogP contribution in [0.4, 0.5) is 14.5 Å². The number of aryl methyl sites for hydroxylation is 1. The minimum atomic E-state index is -0.496. The highest BCUT2D eigenvalue weighted by molar-refractivity contribution is 8.00. The smallest absolute Gasteiger partial charge is 0.147 e. The van der Waals surface area contributed by atoms with Gasteiger partial charge in [0, 0.05) is 22.6 Å². The summed E-state index contributed by atoms with van der Waals surface area (Å²) in [5.74, 6) is -0.989. The van der Waals surface area contributed by atoms with Gasteiger partial charge >= 0.3 is 0 Å². The van der Waals surface area contributed by atoms with Crippen molar-refractivity contribution < 1.29 is 13.9 Å². The average molecular weight is 482 g/mol. The number of hydrogen-bond acceptors (Lipinski definition) is 4. The van der Waals surface area contributed by atoms with Gasteiger partial charge in [-0.05, 0) is 85.5 Å². The summed E-state index contributed by atoms with van der Waals surface area (Å²) in [6.45, 7) is 2.07. The van der Waals surface area contributed by atoms with Gasteiger partial charge in [0.05, 0.1) is 11.7 Å². The quantitative estimate of drug-likeness (QED) is 0.259. The van der Waals surface area contributed by atoms with Crippen molar-refractivity contribution >= 4 is 41.9 Å². The second-order valence-electron chi connectivity index (χ2n) is 6.67. The van der Waals surface area contributed by atoms with E-state index in [9.17, 15) is 13.9 Å². The molecule has 0 spiro atoms. The van der Waals surface area contributed by atoms with E-state index in [0.717, 1.165) is 28.2 Å². The van der Waals surface area contributed by atoms with Crippen LogP contribution in [0.5, 0.6) is 0 Å². The molecular weight excluding hydrogens is 456 g/mol. The Labute approximate surface area is 197 Å². The Hall–Kier alpha value is -1.73. The van der Waals surface area contributed by atoms with E-state index in [2.05, 4.69) is 12.6 Å². The van der Waals surface area contributed by atoms with Crippen LogP contribution in [0, 0.1) is 11.6 Å². The van der Waals surface area contributed by atoms with Crippen LogP contribution in [0.15, 0.2) is 71.6 Å². The summed E-state index contributed by atoms with van der Waals surface area (Å²) < 4.78 is 30.4. The zero-order chi connectivity index (χ0) is 22.8. The molecule has 0 fully saturated rings. The maximum absolute atomic E-state index is 14.7. The Balaban J connectivity index is 0.00000166. The minimum absolute atomic E-state index is 0.102. The van der Waals surface area contributed by atoms with Crippen molar-refractivity contribution in [2.24, 2.45) is 0 Å². The molecule has 1 atom stereocenters. The maximum Gasteiger partial charge on any atom is 0.147 e. The second kappa shape index (κ2) is 13.0. The number of thiol groups is 1. The van der Waals surface area contributed by atoms with Crippen molar-refractivity contribution in [2.75, 3.05) is 17.2 Å². The first-order valence-electron chi connectivity index (χ1n) is 9.81. The van der Waals surface area contributed by atoms with E-state index < -0.39 is 11.6 Å². The summed E-state index contributed by atoms with van der Waals surface area (Å²) in [6.07, 6.45) is 3.05. The highest BCUT2D eigenvalue weighted by atomic mass is 35.5. The van der Waals surface area contributed by atoms with Gasteiger partial charge in [-0.1, -0.05) is 35.9 Å². The fourth-order valence-corrected chi connectivity index (χ4v) is 4.29. The van der Waals surface area contributed by atoms with Crippen LogP contribution in [-0.2, 0) is 6.42 Å². The molecule has 0 heterocycles. The zero-order valence-electron chi connectivity index (χ0n) is 17.4. The van der Waals surface area contributed by atoms with Crippen LogP contribution in [0.1, 0.15) is 30.5 Å². The summed E-state index contributed by atoms with van der Waals surface area (Å²) in [4.78, 5) is 0.859. The van der Waals surface area contributed by atoms with Gasteiger partial charge < -0.3 is 9.41 Å². The molecule has 0 aliphatic heterocycles. The third kappa shape index (κ3) is 7.14. The highest BCUT2D eigenvalue weighted by Crippen LogP contribution is 2.40. The van der Waals surface area contributed by atoms with E-state index in [1.165, 1.54) is 18.0 Å².